The highest BCUT2D eigenvalue weighted by Gasteiger charge is 2.38. The second-order valence-electron chi connectivity index (χ2n) is 8.15. The number of likely N-dealkylation sites (tertiary alicyclic amines) is 1. The molecule has 0 saturated carbocycles. The summed E-state index contributed by atoms with van der Waals surface area (Å²) in [7, 11) is 0. The number of nitrogens with zero attached hydrogens (tertiary/aromatic N) is 1. The van der Waals surface area contributed by atoms with Crippen LogP contribution in [0.25, 0.3) is 0 Å². The van der Waals surface area contributed by atoms with Crippen LogP contribution < -0.4 is 10.6 Å². The van der Waals surface area contributed by atoms with E-state index < -0.39 is 12.1 Å². The lowest BCUT2D eigenvalue weighted by molar-refractivity contribution is -0.192. The molecular weight excluding hydrogens is 479 g/mol. The number of piperidine rings is 1. The first kappa shape index (κ1) is 28.3. The van der Waals surface area contributed by atoms with Crippen LogP contribution in [0.5, 0.6) is 0 Å². The number of aliphatic carboxylic acids is 1. The Morgan fingerprint density at radius 2 is 1.53 bits per heavy atom. The number of carbonyl (C=O) groups excluding carboxylic acids is 3. The van der Waals surface area contributed by atoms with Crippen LogP contribution in [0.4, 0.5) is 18.9 Å². The van der Waals surface area contributed by atoms with Crippen molar-refractivity contribution in [2.24, 2.45) is 5.92 Å². The summed E-state index contributed by atoms with van der Waals surface area (Å²) in [6.07, 6.45) is -2.92. The number of carboxylic acids is 1. The summed E-state index contributed by atoms with van der Waals surface area (Å²) >= 11 is 0. The molecule has 0 unspecified atom stereocenters. The minimum Gasteiger partial charge on any atom is -0.475 e. The molecule has 0 bridgehead atoms. The SMILES string of the molecule is CC(=O)Nc1ccc(C(=O)N2CCC(C(=O)NCCc3ccccc3)CC2)cc1.O=C(O)C(F)(F)F. The second kappa shape index (κ2) is 13.3. The van der Waals surface area contributed by atoms with Gasteiger partial charge in [-0.05, 0) is 49.1 Å². The van der Waals surface area contributed by atoms with Crippen LogP contribution in [0.1, 0.15) is 35.7 Å². The van der Waals surface area contributed by atoms with Crippen LogP contribution in [0.2, 0.25) is 0 Å². The van der Waals surface area contributed by atoms with E-state index in [1.165, 1.54) is 12.5 Å². The number of nitrogens with one attached hydrogen (secondary N) is 2. The summed E-state index contributed by atoms with van der Waals surface area (Å²) in [5.74, 6) is -2.91. The van der Waals surface area contributed by atoms with E-state index in [-0.39, 0.29) is 23.6 Å². The van der Waals surface area contributed by atoms with Crippen LogP contribution >= 0.6 is 0 Å². The maximum absolute atomic E-state index is 12.7. The van der Waals surface area contributed by atoms with E-state index in [9.17, 15) is 27.6 Å². The molecule has 0 spiro atoms. The number of alkyl halides is 3. The fraction of sp³-hybridized carbons (Fsp3) is 0.360. The quantitative estimate of drug-likeness (QED) is 0.554. The van der Waals surface area contributed by atoms with Crippen LogP contribution in [-0.4, -0.2) is 59.5 Å². The van der Waals surface area contributed by atoms with Crippen molar-refractivity contribution >= 4 is 29.4 Å². The van der Waals surface area contributed by atoms with Crippen LogP contribution in [0.15, 0.2) is 54.6 Å². The van der Waals surface area contributed by atoms with E-state index in [1.807, 2.05) is 18.2 Å². The zero-order valence-electron chi connectivity index (χ0n) is 19.7. The number of hydrogen-bond donors (Lipinski definition) is 3. The predicted octanol–water partition coefficient (Wildman–Crippen LogP) is 3.49. The topological polar surface area (TPSA) is 116 Å². The molecule has 3 N–H and O–H groups in total. The average molecular weight is 508 g/mol. The van der Waals surface area contributed by atoms with Crippen molar-refractivity contribution in [2.75, 3.05) is 25.0 Å². The first-order chi connectivity index (χ1) is 17.0. The zero-order valence-corrected chi connectivity index (χ0v) is 19.7. The van der Waals surface area contributed by atoms with Crippen molar-refractivity contribution in [1.29, 1.82) is 0 Å². The minimum absolute atomic E-state index is 0.0395. The lowest BCUT2D eigenvalue weighted by Gasteiger charge is -2.31. The summed E-state index contributed by atoms with van der Waals surface area (Å²) in [6.45, 7) is 3.22. The van der Waals surface area contributed by atoms with E-state index in [0.717, 1.165) is 6.42 Å². The smallest absolute Gasteiger partial charge is 0.475 e. The molecule has 0 atom stereocenters. The van der Waals surface area contributed by atoms with E-state index in [4.69, 9.17) is 9.90 Å². The maximum atomic E-state index is 12.7. The summed E-state index contributed by atoms with van der Waals surface area (Å²) < 4.78 is 31.7. The number of rotatable bonds is 6. The molecule has 194 valence electrons. The van der Waals surface area contributed by atoms with Crippen LogP contribution in [0.3, 0.4) is 0 Å². The standard InChI is InChI=1S/C23H27N3O3.C2HF3O2/c1-17(27)25-21-9-7-20(8-10-21)23(29)26-15-12-19(13-16-26)22(28)24-14-11-18-5-3-2-4-6-18;3-2(4,5)1(6)7/h2-10,19H,11-16H2,1H3,(H,24,28)(H,25,27);(H,6,7). The summed E-state index contributed by atoms with van der Waals surface area (Å²) in [4.78, 5) is 46.9. The zero-order chi connectivity index (χ0) is 26.7. The molecule has 1 saturated heterocycles. The van der Waals surface area contributed by atoms with E-state index in [2.05, 4.69) is 22.8 Å². The second-order valence-corrected chi connectivity index (χ2v) is 8.15. The first-order valence-corrected chi connectivity index (χ1v) is 11.3. The van der Waals surface area contributed by atoms with Crippen molar-refractivity contribution in [3.05, 3.63) is 65.7 Å². The predicted molar refractivity (Wildman–Crippen MR) is 126 cm³/mol. The molecule has 2 aromatic carbocycles. The van der Waals surface area contributed by atoms with E-state index in [1.54, 1.807) is 29.2 Å². The Bertz CT molecular complexity index is 1040. The largest absolute Gasteiger partial charge is 0.490 e. The number of benzene rings is 2. The fourth-order valence-electron chi connectivity index (χ4n) is 3.55. The number of amides is 3. The van der Waals surface area contributed by atoms with Crippen LogP contribution in [-0.2, 0) is 20.8 Å². The average Bonchev–Trinajstić information content (AvgIpc) is 2.84. The molecule has 36 heavy (non-hydrogen) atoms. The van der Waals surface area contributed by atoms with Gasteiger partial charge in [-0.3, -0.25) is 14.4 Å². The van der Waals surface area contributed by atoms with Gasteiger partial charge in [0.1, 0.15) is 0 Å². The Kier molecular flexibility index (Phi) is 10.4. The first-order valence-electron chi connectivity index (χ1n) is 11.3. The number of halogens is 3. The molecule has 1 heterocycles. The third-order valence-corrected chi connectivity index (χ3v) is 5.40. The number of anilines is 1. The van der Waals surface area contributed by atoms with Crippen molar-refractivity contribution in [1.82, 2.24) is 10.2 Å². The van der Waals surface area contributed by atoms with Gasteiger partial charge in [0.05, 0.1) is 0 Å². The van der Waals surface area contributed by atoms with Gasteiger partial charge in [0, 0.05) is 43.7 Å². The lowest BCUT2D eigenvalue weighted by atomic mass is 9.95. The molecule has 1 aliphatic heterocycles. The highest BCUT2D eigenvalue weighted by atomic mass is 19.4. The normalized spacial score (nSPS) is 13.7. The lowest BCUT2D eigenvalue weighted by Crippen LogP contribution is -2.43. The van der Waals surface area contributed by atoms with Gasteiger partial charge in [-0.15, -0.1) is 0 Å². The number of carboxylic acid groups (broad SMARTS) is 1. The minimum atomic E-state index is -5.08. The Labute approximate surface area is 206 Å². The molecule has 0 radical (unpaired) electrons. The molecule has 1 fully saturated rings. The molecule has 3 rings (SSSR count). The van der Waals surface area contributed by atoms with E-state index >= 15 is 0 Å². The van der Waals surface area contributed by atoms with Crippen molar-refractivity contribution in [2.45, 2.75) is 32.4 Å². The molecule has 3 amide bonds. The molecule has 11 heteroatoms. The van der Waals surface area contributed by atoms with Crippen LogP contribution in [0, 0.1) is 5.92 Å². The van der Waals surface area contributed by atoms with Gasteiger partial charge in [0.2, 0.25) is 11.8 Å². The Morgan fingerprint density at radius 3 is 2.03 bits per heavy atom. The van der Waals surface area contributed by atoms with Gasteiger partial charge in [-0.1, -0.05) is 30.3 Å². The molecule has 0 aliphatic carbocycles. The third-order valence-electron chi connectivity index (χ3n) is 5.40. The molecular formula is C25H28F3N3O5. The van der Waals surface area contributed by atoms with Crippen molar-refractivity contribution in [3.8, 4) is 0 Å². The highest BCUT2D eigenvalue weighted by Crippen LogP contribution is 2.20. The third kappa shape index (κ3) is 9.40. The summed E-state index contributed by atoms with van der Waals surface area (Å²) in [5, 5.41) is 12.8. The Morgan fingerprint density at radius 1 is 0.972 bits per heavy atom. The molecule has 1 aliphatic rings. The Balaban J connectivity index is 0.000000572. The maximum Gasteiger partial charge on any atom is 0.490 e. The Hall–Kier alpha value is -3.89. The van der Waals surface area contributed by atoms with Gasteiger partial charge < -0.3 is 20.6 Å². The molecule has 0 aromatic heterocycles. The number of carbonyl (C=O) groups is 4. The number of hydrogen-bond acceptors (Lipinski definition) is 4. The van der Waals surface area contributed by atoms with Crippen molar-refractivity contribution in [3.63, 3.8) is 0 Å². The van der Waals surface area contributed by atoms with Gasteiger partial charge in [0.15, 0.2) is 0 Å². The van der Waals surface area contributed by atoms with Gasteiger partial charge in [-0.2, -0.15) is 13.2 Å². The fourth-order valence-corrected chi connectivity index (χ4v) is 3.55. The monoisotopic (exact) mass is 507 g/mol. The summed E-state index contributed by atoms with van der Waals surface area (Å²) in [6, 6.07) is 17.0. The van der Waals surface area contributed by atoms with E-state index in [0.29, 0.717) is 43.7 Å². The highest BCUT2D eigenvalue weighted by molar-refractivity contribution is 5.95. The molecule has 2 aromatic rings. The van der Waals surface area contributed by atoms with Gasteiger partial charge in [-0.25, -0.2) is 4.79 Å². The molecule has 8 nitrogen and oxygen atoms in total. The van der Waals surface area contributed by atoms with Gasteiger partial charge in [0.25, 0.3) is 5.91 Å². The summed E-state index contributed by atoms with van der Waals surface area (Å²) in [5.41, 5.74) is 2.46. The van der Waals surface area contributed by atoms with Gasteiger partial charge >= 0.3 is 12.1 Å². The van der Waals surface area contributed by atoms with Crippen molar-refractivity contribution < 1.29 is 37.5 Å².